The minimum absolute atomic E-state index is 0.0559. The summed E-state index contributed by atoms with van der Waals surface area (Å²) in [6, 6.07) is 7.68. The Morgan fingerprint density at radius 2 is 2.20 bits per heavy atom. The molecule has 1 N–H and O–H groups in total. The number of nitrogens with one attached hydrogen (secondary N) is 1. The third-order valence-corrected chi connectivity index (χ3v) is 3.23. The molecule has 1 atom stereocenters. The van der Waals surface area contributed by atoms with Crippen molar-refractivity contribution in [1.82, 2.24) is 19.7 Å². The van der Waals surface area contributed by atoms with Gasteiger partial charge in [0.1, 0.15) is 18.4 Å². The Morgan fingerprint density at radius 3 is 2.80 bits per heavy atom. The van der Waals surface area contributed by atoms with Crippen LogP contribution in [0.5, 0.6) is 0 Å². The highest BCUT2D eigenvalue weighted by atomic mass is 79.9. The quantitative estimate of drug-likeness (QED) is 0.794. The van der Waals surface area contributed by atoms with Gasteiger partial charge in [-0.25, -0.2) is 14.6 Å². The summed E-state index contributed by atoms with van der Waals surface area (Å²) >= 11 is 3.30. The monoisotopic (exact) mass is 333 g/mol. The molecule has 20 heavy (non-hydrogen) atoms. The molecule has 0 fully saturated rings. The third kappa shape index (κ3) is 2.72. The lowest BCUT2D eigenvalue weighted by Crippen LogP contribution is -2.06. The molecule has 0 aliphatic rings. The Kier molecular flexibility index (Phi) is 3.51. The van der Waals surface area contributed by atoms with Crippen LogP contribution in [-0.2, 0) is 0 Å². The number of nitrogens with zero attached hydrogens (tertiary/aromatic N) is 4. The molecule has 0 saturated heterocycles. The summed E-state index contributed by atoms with van der Waals surface area (Å²) in [5.74, 6) is 1.58. The van der Waals surface area contributed by atoms with Crippen molar-refractivity contribution in [3.8, 4) is 5.82 Å². The van der Waals surface area contributed by atoms with Crippen molar-refractivity contribution in [1.29, 1.82) is 0 Å². The highest BCUT2D eigenvalue weighted by molar-refractivity contribution is 9.10. The van der Waals surface area contributed by atoms with E-state index in [0.29, 0.717) is 0 Å². The van der Waals surface area contributed by atoms with Crippen molar-refractivity contribution in [3.63, 3.8) is 0 Å². The maximum Gasteiger partial charge on any atom is 0.169 e. The van der Waals surface area contributed by atoms with E-state index in [-0.39, 0.29) is 6.04 Å². The van der Waals surface area contributed by atoms with Crippen LogP contribution in [-0.4, -0.2) is 19.7 Å². The van der Waals surface area contributed by atoms with E-state index in [2.05, 4.69) is 36.3 Å². The number of hydrogen-bond donors (Lipinski definition) is 1. The second kappa shape index (κ2) is 5.46. The SMILES string of the molecule is CC(Nc1ccc(-n2cncn2)nc1)c1ccc(Br)o1. The first kappa shape index (κ1) is 12.9. The minimum atomic E-state index is 0.0559. The summed E-state index contributed by atoms with van der Waals surface area (Å²) in [7, 11) is 0. The number of hydrogen-bond acceptors (Lipinski definition) is 5. The highest BCUT2D eigenvalue weighted by Crippen LogP contribution is 2.23. The normalized spacial score (nSPS) is 12.3. The molecule has 0 aromatic carbocycles. The van der Waals surface area contributed by atoms with Gasteiger partial charge in [0, 0.05) is 0 Å². The number of rotatable bonds is 4. The standard InChI is InChI=1S/C13H12BrN5O/c1-9(11-3-4-12(14)20-11)18-10-2-5-13(16-6-10)19-8-15-7-17-19/h2-9,18H,1H3. The molecular formula is C13H12BrN5O. The number of furan rings is 1. The molecule has 0 bridgehead atoms. The first-order chi connectivity index (χ1) is 9.72. The molecule has 1 unspecified atom stereocenters. The topological polar surface area (TPSA) is 68.8 Å². The smallest absolute Gasteiger partial charge is 0.169 e. The Morgan fingerprint density at radius 1 is 1.30 bits per heavy atom. The van der Waals surface area contributed by atoms with Crippen LogP contribution in [0.15, 0.2) is 52.2 Å². The first-order valence-corrected chi connectivity index (χ1v) is 6.84. The maximum absolute atomic E-state index is 5.51. The van der Waals surface area contributed by atoms with E-state index >= 15 is 0 Å². The van der Waals surface area contributed by atoms with Gasteiger partial charge >= 0.3 is 0 Å². The van der Waals surface area contributed by atoms with E-state index in [1.807, 2.05) is 31.2 Å². The molecule has 0 amide bonds. The Hall–Kier alpha value is -2.15. The Bertz CT molecular complexity index is 677. The maximum atomic E-state index is 5.51. The van der Waals surface area contributed by atoms with Crippen molar-refractivity contribution < 1.29 is 4.42 Å². The van der Waals surface area contributed by atoms with E-state index in [1.54, 1.807) is 17.2 Å². The predicted octanol–water partition coefficient (Wildman–Crippen LogP) is 3.19. The summed E-state index contributed by atoms with van der Waals surface area (Å²) in [4.78, 5) is 8.22. The van der Waals surface area contributed by atoms with Crippen molar-refractivity contribution in [2.24, 2.45) is 0 Å². The van der Waals surface area contributed by atoms with Crippen molar-refractivity contribution in [2.45, 2.75) is 13.0 Å². The predicted molar refractivity (Wildman–Crippen MR) is 77.6 cm³/mol. The van der Waals surface area contributed by atoms with Crippen LogP contribution in [0.1, 0.15) is 18.7 Å². The molecule has 7 heteroatoms. The van der Waals surface area contributed by atoms with Gasteiger partial charge in [-0.1, -0.05) is 0 Å². The van der Waals surface area contributed by atoms with Gasteiger partial charge in [-0.15, -0.1) is 0 Å². The van der Waals surface area contributed by atoms with Gasteiger partial charge < -0.3 is 9.73 Å². The average Bonchev–Trinajstić information content (AvgIpc) is 3.10. The number of anilines is 1. The Labute approximate surface area is 124 Å². The summed E-state index contributed by atoms with van der Waals surface area (Å²) in [5.41, 5.74) is 0.911. The van der Waals surface area contributed by atoms with Gasteiger partial charge in [0.05, 0.1) is 17.9 Å². The second-order valence-corrected chi connectivity index (χ2v) is 5.03. The third-order valence-electron chi connectivity index (χ3n) is 2.81. The lowest BCUT2D eigenvalue weighted by Gasteiger charge is -2.12. The summed E-state index contributed by atoms with van der Waals surface area (Å²) in [5, 5.41) is 7.35. The zero-order valence-corrected chi connectivity index (χ0v) is 12.3. The second-order valence-electron chi connectivity index (χ2n) is 4.25. The van der Waals surface area contributed by atoms with E-state index in [1.165, 1.54) is 6.33 Å². The Balaban J connectivity index is 1.72. The molecule has 6 nitrogen and oxygen atoms in total. The van der Waals surface area contributed by atoms with E-state index in [9.17, 15) is 0 Å². The van der Waals surface area contributed by atoms with Crippen molar-refractivity contribution >= 4 is 21.6 Å². The van der Waals surface area contributed by atoms with E-state index < -0.39 is 0 Å². The molecule has 102 valence electrons. The fourth-order valence-corrected chi connectivity index (χ4v) is 2.13. The van der Waals surface area contributed by atoms with Gasteiger partial charge in [-0.2, -0.15) is 5.10 Å². The number of aromatic nitrogens is 4. The van der Waals surface area contributed by atoms with E-state index in [4.69, 9.17) is 4.42 Å². The van der Waals surface area contributed by atoms with Gasteiger partial charge in [0.2, 0.25) is 0 Å². The van der Waals surface area contributed by atoms with Crippen LogP contribution in [0.25, 0.3) is 5.82 Å². The average molecular weight is 334 g/mol. The zero-order chi connectivity index (χ0) is 13.9. The van der Waals surface area contributed by atoms with Gasteiger partial charge in [-0.05, 0) is 47.1 Å². The van der Waals surface area contributed by atoms with Crippen LogP contribution in [0.4, 0.5) is 5.69 Å². The van der Waals surface area contributed by atoms with Crippen LogP contribution >= 0.6 is 15.9 Å². The van der Waals surface area contributed by atoms with Crippen molar-refractivity contribution in [2.75, 3.05) is 5.32 Å². The molecule has 3 aromatic rings. The zero-order valence-electron chi connectivity index (χ0n) is 10.7. The van der Waals surface area contributed by atoms with Crippen molar-refractivity contribution in [3.05, 3.63) is 53.5 Å². The van der Waals surface area contributed by atoms with Crippen LogP contribution in [0, 0.1) is 0 Å². The fraction of sp³-hybridized carbons (Fsp3) is 0.154. The first-order valence-electron chi connectivity index (χ1n) is 6.05. The molecule has 3 rings (SSSR count). The van der Waals surface area contributed by atoms with Gasteiger partial charge in [0.15, 0.2) is 10.5 Å². The lowest BCUT2D eigenvalue weighted by atomic mass is 10.2. The summed E-state index contributed by atoms with van der Waals surface area (Å²) in [6.07, 6.45) is 4.84. The lowest BCUT2D eigenvalue weighted by molar-refractivity contribution is 0.471. The molecule has 0 radical (unpaired) electrons. The van der Waals surface area contributed by atoms with Crippen LogP contribution in [0.3, 0.4) is 0 Å². The summed E-state index contributed by atoms with van der Waals surface area (Å²) < 4.78 is 7.84. The molecule has 0 aliphatic carbocycles. The molecule has 3 heterocycles. The fourth-order valence-electron chi connectivity index (χ4n) is 1.82. The number of pyridine rings is 1. The van der Waals surface area contributed by atoms with Gasteiger partial charge in [-0.3, -0.25) is 0 Å². The molecule has 3 aromatic heterocycles. The highest BCUT2D eigenvalue weighted by Gasteiger charge is 2.10. The molecule has 0 aliphatic heterocycles. The van der Waals surface area contributed by atoms with E-state index in [0.717, 1.165) is 21.9 Å². The van der Waals surface area contributed by atoms with Gasteiger partial charge in [0.25, 0.3) is 0 Å². The van der Waals surface area contributed by atoms with Crippen LogP contribution < -0.4 is 5.32 Å². The molecular weight excluding hydrogens is 322 g/mol. The summed E-state index contributed by atoms with van der Waals surface area (Å²) in [6.45, 7) is 2.02. The molecule has 0 saturated carbocycles. The minimum Gasteiger partial charge on any atom is -0.452 e. The largest absolute Gasteiger partial charge is 0.452 e. The van der Waals surface area contributed by atoms with Crippen LogP contribution in [0.2, 0.25) is 0 Å². The number of halogens is 1. The molecule has 0 spiro atoms.